The molecule has 1 saturated heterocycles. The molecule has 1 amide bonds. The summed E-state index contributed by atoms with van der Waals surface area (Å²) in [6, 6.07) is 0. The van der Waals surface area contributed by atoms with E-state index >= 15 is 0 Å². The van der Waals surface area contributed by atoms with Crippen molar-refractivity contribution in [2.75, 3.05) is 19.7 Å². The maximum absolute atomic E-state index is 10.4. The number of likely N-dealkylation sites (tertiary alicyclic amines) is 1. The Bertz CT molecular complexity index is 234. The van der Waals surface area contributed by atoms with Gasteiger partial charge in [-0.05, 0) is 31.8 Å². The Hall–Kier alpha value is 1.68. The third-order valence-electron chi connectivity index (χ3n) is 3.16. The van der Waals surface area contributed by atoms with Crippen molar-refractivity contribution in [2.45, 2.75) is 75.2 Å². The van der Waals surface area contributed by atoms with E-state index in [0.29, 0.717) is 12.5 Å². The van der Waals surface area contributed by atoms with Crippen molar-refractivity contribution >= 4 is 12.4 Å². The van der Waals surface area contributed by atoms with Gasteiger partial charge in [-0.3, -0.25) is 4.79 Å². The molecule has 4 nitrogen and oxygen atoms in total. The summed E-state index contributed by atoms with van der Waals surface area (Å²) in [5.41, 5.74) is 0. The number of rotatable bonds is 5. The first-order chi connectivity index (χ1) is 8.63. The zero-order valence-electron chi connectivity index (χ0n) is 14.5. The number of carbonyl (C=O) groups is 1. The van der Waals surface area contributed by atoms with E-state index in [1.807, 2.05) is 6.41 Å². The number of carbonyl (C=O) groups excluding carboxylic acids is 2. The summed E-state index contributed by atoms with van der Waals surface area (Å²) < 4.78 is 4.85. The quantitative estimate of drug-likeness (QED) is 0.367. The van der Waals surface area contributed by atoms with Gasteiger partial charge in [-0.25, -0.2) is 0 Å². The van der Waals surface area contributed by atoms with E-state index in [0.717, 1.165) is 38.8 Å². The fourth-order valence-corrected chi connectivity index (χ4v) is 1.74. The summed E-state index contributed by atoms with van der Waals surface area (Å²) in [5.74, 6) is 0.371. The predicted molar refractivity (Wildman–Crippen MR) is 98.4 cm³/mol. The third kappa shape index (κ3) is 28.5. The number of hydrogen-bond acceptors (Lipinski definition) is 3. The van der Waals surface area contributed by atoms with Crippen LogP contribution in [-0.4, -0.2) is 37.0 Å². The molecule has 0 aromatic heterocycles. The van der Waals surface area contributed by atoms with Crippen LogP contribution in [0.3, 0.4) is 0 Å². The van der Waals surface area contributed by atoms with Gasteiger partial charge >= 0.3 is 57.4 Å². The van der Waals surface area contributed by atoms with E-state index in [9.17, 15) is 9.59 Å². The first-order valence-electron chi connectivity index (χ1n) is 6.90. The number of nitrogens with zero attached hydrogens (tertiary/aromatic N) is 1. The second-order valence-electron chi connectivity index (χ2n) is 4.62. The van der Waals surface area contributed by atoms with Crippen LogP contribution in [0, 0.1) is 13.3 Å². The van der Waals surface area contributed by atoms with Gasteiger partial charge < -0.3 is 21.9 Å². The van der Waals surface area contributed by atoms with Crippen molar-refractivity contribution in [3.63, 3.8) is 0 Å². The molecule has 1 radical (unpaired) electrons. The van der Waals surface area contributed by atoms with Crippen molar-refractivity contribution in [2.24, 2.45) is 5.92 Å². The zero-order valence-corrected chi connectivity index (χ0v) is 20.4. The maximum Gasteiger partial charge on any atom is 1.00 e. The normalized spacial score (nSPS) is 11.1. The van der Waals surface area contributed by atoms with E-state index in [1.165, 1.54) is 13.3 Å². The van der Waals surface area contributed by atoms with E-state index in [4.69, 9.17) is 4.74 Å². The Labute approximate surface area is 220 Å². The van der Waals surface area contributed by atoms with Crippen LogP contribution in [0.15, 0.2) is 0 Å². The average Bonchev–Trinajstić information content (AvgIpc) is 2.41. The van der Waals surface area contributed by atoms with Crippen LogP contribution in [-0.2, 0) is 47.0 Å². The molecule has 0 N–H and O–H groups in total. The Morgan fingerprint density at radius 2 is 1.50 bits per heavy atom. The van der Waals surface area contributed by atoms with Crippen LogP contribution in [0.5, 0.6) is 0 Å². The fraction of sp³-hybridized carbons (Fsp3) is 0.833. The zero-order chi connectivity index (χ0) is 13.8. The Balaban J connectivity index is -0.0000000389. The van der Waals surface area contributed by atoms with E-state index in [2.05, 4.69) is 13.8 Å². The molecule has 1 fully saturated rings. The smallest absolute Gasteiger partial charge is 0.520 e. The summed E-state index contributed by atoms with van der Waals surface area (Å²) in [4.78, 5) is 22.0. The van der Waals surface area contributed by atoms with Crippen molar-refractivity contribution in [1.29, 1.82) is 0 Å². The van der Waals surface area contributed by atoms with Crippen LogP contribution in [0.4, 0.5) is 0 Å². The molecule has 0 aromatic rings. The molecule has 0 bridgehead atoms. The minimum Gasteiger partial charge on any atom is -0.520 e. The Morgan fingerprint density at radius 1 is 1.08 bits per heavy atom. The van der Waals surface area contributed by atoms with Crippen LogP contribution in [0.1, 0.15) is 75.2 Å². The molecule has 0 saturated carbocycles. The second kappa shape index (κ2) is 32.4. The van der Waals surface area contributed by atoms with Gasteiger partial charge in [-0.2, -0.15) is 6.41 Å². The molecule has 0 atom stereocenters. The molecule has 6 heteroatoms. The topological polar surface area (TPSA) is 46.6 Å². The van der Waals surface area contributed by atoms with Crippen molar-refractivity contribution in [3.8, 4) is 0 Å². The van der Waals surface area contributed by atoms with Gasteiger partial charge in [0.2, 0.25) is 0 Å². The van der Waals surface area contributed by atoms with E-state index < -0.39 is 0 Å². The summed E-state index contributed by atoms with van der Waals surface area (Å²) >= 11 is 0. The standard InChI is InChI=1S/C8H16O2.C6H10NO.3CH4.CH3.K.Y/c1-4-8(5-2)6-10-7(3)9;8-6-7-4-2-1-3-5-7;;;;;;/h8H,4-6H2,1-3H3;1-5H2;3*1H4;1H3;;/q;-1;;;;-1;+1;. The number of piperidine rings is 1. The molecule has 24 heavy (non-hydrogen) atoms. The van der Waals surface area contributed by atoms with Gasteiger partial charge in [0, 0.05) is 39.6 Å². The van der Waals surface area contributed by atoms with Gasteiger partial charge in [-0.1, -0.05) is 55.4 Å². The van der Waals surface area contributed by atoms with Gasteiger partial charge in [0.1, 0.15) is 0 Å². The fourth-order valence-electron chi connectivity index (χ4n) is 1.74. The van der Waals surface area contributed by atoms with Crippen molar-refractivity contribution in [1.82, 2.24) is 4.90 Å². The average molecular weight is 448 g/mol. The first kappa shape index (κ1) is 44.8. The molecule has 141 valence electrons. The predicted octanol–water partition coefficient (Wildman–Crippen LogP) is 1.89. The minimum atomic E-state index is -0.174. The number of amides is 1. The third-order valence-corrected chi connectivity index (χ3v) is 3.16. The molecule has 1 heterocycles. The molecule has 1 rings (SSSR count). The van der Waals surface area contributed by atoms with E-state index in [1.54, 1.807) is 4.90 Å². The molecule has 0 unspecified atom stereocenters. The van der Waals surface area contributed by atoms with Gasteiger partial charge in [0.25, 0.3) is 0 Å². The summed E-state index contributed by atoms with van der Waals surface area (Å²) in [6.07, 6.45) is 7.66. The maximum atomic E-state index is 10.4. The monoisotopic (exact) mass is 447 g/mol. The molecular formula is C18H41KNO3Y-. The summed E-state index contributed by atoms with van der Waals surface area (Å²) in [6.45, 7) is 8.09. The molecule has 1 aliphatic rings. The van der Waals surface area contributed by atoms with Crippen LogP contribution >= 0.6 is 0 Å². The van der Waals surface area contributed by atoms with Gasteiger partial charge in [0.05, 0.1) is 6.61 Å². The minimum absolute atomic E-state index is 0. The second-order valence-corrected chi connectivity index (χ2v) is 4.62. The van der Waals surface area contributed by atoms with Gasteiger partial charge in [0.15, 0.2) is 0 Å². The van der Waals surface area contributed by atoms with Crippen LogP contribution in [0.25, 0.3) is 0 Å². The molecule has 0 spiro atoms. The molecular weight excluding hydrogens is 406 g/mol. The van der Waals surface area contributed by atoms with Crippen LogP contribution < -0.4 is 51.4 Å². The summed E-state index contributed by atoms with van der Waals surface area (Å²) in [5, 5.41) is 0. The molecule has 0 aromatic carbocycles. The summed E-state index contributed by atoms with van der Waals surface area (Å²) in [7, 11) is 0. The van der Waals surface area contributed by atoms with Crippen molar-refractivity contribution < 1.29 is 98.4 Å². The molecule has 1 aliphatic heterocycles. The Kier molecular flexibility index (Phi) is 60.4. The molecule has 0 aliphatic carbocycles. The number of esters is 1. The number of ether oxygens (including phenoxy) is 1. The SMILES string of the molecule is C.C.C.CCC(CC)COC(C)=O.O=[C-]N1CCCCC1.[CH3-].[K+].[Y]. The van der Waals surface area contributed by atoms with E-state index in [-0.39, 0.29) is 120 Å². The first-order valence-corrected chi connectivity index (χ1v) is 6.90. The number of hydrogen-bond donors (Lipinski definition) is 0. The van der Waals surface area contributed by atoms with Crippen LogP contribution in [0.2, 0.25) is 0 Å². The van der Waals surface area contributed by atoms with Gasteiger partial charge in [-0.15, -0.1) is 0 Å². The largest absolute Gasteiger partial charge is 1.00 e. The van der Waals surface area contributed by atoms with Crippen molar-refractivity contribution in [3.05, 3.63) is 7.43 Å². The Morgan fingerprint density at radius 3 is 1.75 bits per heavy atom.